The van der Waals surface area contributed by atoms with E-state index >= 15 is 0 Å². The molecule has 78 valence electrons. The van der Waals surface area contributed by atoms with Gasteiger partial charge in [0.05, 0.1) is 12.5 Å². The molecule has 0 radical (unpaired) electrons. The lowest BCUT2D eigenvalue weighted by molar-refractivity contribution is -0.191. The molecule has 13 heavy (non-hydrogen) atoms. The highest BCUT2D eigenvalue weighted by Gasteiger charge is 2.45. The van der Waals surface area contributed by atoms with E-state index in [1.54, 1.807) is 0 Å². The van der Waals surface area contributed by atoms with E-state index < -0.39 is 18.1 Å². The second kappa shape index (κ2) is 4.28. The van der Waals surface area contributed by atoms with Gasteiger partial charge in [0.25, 0.3) is 0 Å². The third-order valence-electron chi connectivity index (χ3n) is 2.35. The van der Waals surface area contributed by atoms with Crippen LogP contribution >= 0.6 is 0 Å². The van der Waals surface area contributed by atoms with Crippen molar-refractivity contribution in [2.24, 2.45) is 5.92 Å². The fourth-order valence-electron chi connectivity index (χ4n) is 1.70. The fourth-order valence-corrected chi connectivity index (χ4v) is 1.70. The Morgan fingerprint density at radius 2 is 2.15 bits per heavy atom. The van der Waals surface area contributed by atoms with Crippen LogP contribution in [0.2, 0.25) is 0 Å². The summed E-state index contributed by atoms with van der Waals surface area (Å²) in [5.41, 5.74) is 0. The lowest BCUT2D eigenvalue weighted by atomic mass is 9.91. The molecule has 0 spiro atoms. The van der Waals surface area contributed by atoms with Crippen LogP contribution in [0.25, 0.3) is 0 Å². The van der Waals surface area contributed by atoms with Crippen LogP contribution in [0.1, 0.15) is 12.8 Å². The zero-order valence-corrected chi connectivity index (χ0v) is 7.53. The lowest BCUT2D eigenvalue weighted by Crippen LogP contribution is -2.49. The Balaban J connectivity index is 2.56. The Hall–Kier alpha value is -0.290. The highest BCUT2D eigenvalue weighted by Crippen LogP contribution is 2.34. The maximum Gasteiger partial charge on any atom is 0.393 e. The summed E-state index contributed by atoms with van der Waals surface area (Å²) < 4.78 is 42.0. The second-order valence-corrected chi connectivity index (χ2v) is 3.31. The Morgan fingerprint density at radius 3 is 2.69 bits per heavy atom. The first-order valence-electron chi connectivity index (χ1n) is 4.34. The number of ether oxygens (including phenoxy) is 1. The number of nitrogens with one attached hydrogen (secondary N) is 1. The molecule has 0 aromatic rings. The van der Waals surface area contributed by atoms with Crippen LogP contribution in [0, 0.1) is 5.92 Å². The summed E-state index contributed by atoms with van der Waals surface area (Å²) in [7, 11) is 1.42. The topological polar surface area (TPSA) is 21.3 Å². The number of hydrogen-bond acceptors (Lipinski definition) is 2. The van der Waals surface area contributed by atoms with Crippen molar-refractivity contribution in [3.05, 3.63) is 0 Å². The zero-order chi connectivity index (χ0) is 9.90. The molecule has 0 aliphatic carbocycles. The highest BCUT2D eigenvalue weighted by atomic mass is 19.4. The third-order valence-corrected chi connectivity index (χ3v) is 2.35. The molecule has 1 heterocycles. The van der Waals surface area contributed by atoms with Crippen LogP contribution < -0.4 is 5.32 Å². The van der Waals surface area contributed by atoms with Gasteiger partial charge < -0.3 is 10.1 Å². The molecule has 1 aliphatic rings. The summed E-state index contributed by atoms with van der Waals surface area (Å²) in [5.74, 6) is -1.25. The van der Waals surface area contributed by atoms with E-state index in [-0.39, 0.29) is 13.0 Å². The first kappa shape index (κ1) is 10.8. The van der Waals surface area contributed by atoms with Gasteiger partial charge in [0, 0.05) is 13.2 Å². The van der Waals surface area contributed by atoms with Gasteiger partial charge in [-0.15, -0.1) is 0 Å². The van der Waals surface area contributed by atoms with Crippen molar-refractivity contribution in [1.29, 1.82) is 0 Å². The molecule has 1 aliphatic heterocycles. The van der Waals surface area contributed by atoms with Crippen molar-refractivity contribution in [3.8, 4) is 0 Å². The van der Waals surface area contributed by atoms with Crippen LogP contribution in [0.5, 0.6) is 0 Å². The molecule has 2 unspecified atom stereocenters. The molecule has 0 amide bonds. The quantitative estimate of drug-likeness (QED) is 0.725. The van der Waals surface area contributed by atoms with Crippen molar-refractivity contribution >= 4 is 0 Å². The molecule has 2 nitrogen and oxygen atoms in total. The number of piperidine rings is 1. The number of halogens is 3. The number of methoxy groups -OCH3 is 1. The van der Waals surface area contributed by atoms with Gasteiger partial charge in [-0.1, -0.05) is 0 Å². The second-order valence-electron chi connectivity index (χ2n) is 3.31. The summed E-state index contributed by atoms with van der Waals surface area (Å²) in [4.78, 5) is 0. The van der Waals surface area contributed by atoms with Crippen LogP contribution in [-0.4, -0.2) is 32.5 Å². The molecule has 0 bridgehead atoms. The molecule has 0 aromatic heterocycles. The number of alkyl halides is 3. The molecule has 0 aromatic carbocycles. The smallest absolute Gasteiger partial charge is 0.383 e. The van der Waals surface area contributed by atoms with E-state index in [2.05, 4.69) is 5.32 Å². The largest absolute Gasteiger partial charge is 0.393 e. The minimum absolute atomic E-state index is 0.129. The van der Waals surface area contributed by atoms with Gasteiger partial charge in [0.2, 0.25) is 0 Å². The minimum atomic E-state index is -4.10. The van der Waals surface area contributed by atoms with Gasteiger partial charge >= 0.3 is 6.18 Å². The van der Waals surface area contributed by atoms with Crippen molar-refractivity contribution < 1.29 is 17.9 Å². The van der Waals surface area contributed by atoms with Crippen LogP contribution in [0.4, 0.5) is 13.2 Å². The molecule has 1 fully saturated rings. The Kier molecular flexibility index (Phi) is 3.55. The van der Waals surface area contributed by atoms with Gasteiger partial charge in [-0.05, 0) is 19.4 Å². The highest BCUT2D eigenvalue weighted by molar-refractivity contribution is 4.85. The van der Waals surface area contributed by atoms with Gasteiger partial charge in [0.15, 0.2) is 0 Å². The zero-order valence-electron chi connectivity index (χ0n) is 7.53. The number of rotatable bonds is 2. The van der Waals surface area contributed by atoms with Crippen molar-refractivity contribution in [3.63, 3.8) is 0 Å². The Labute approximate surface area is 75.4 Å². The SMILES string of the molecule is COCC1NCCCC1C(F)(F)F. The van der Waals surface area contributed by atoms with Crippen molar-refractivity contribution in [2.75, 3.05) is 20.3 Å². The van der Waals surface area contributed by atoms with E-state index in [9.17, 15) is 13.2 Å². The summed E-state index contributed by atoms with van der Waals surface area (Å²) in [6.45, 7) is 0.783. The molecule has 0 saturated carbocycles. The predicted octanol–water partition coefficient (Wildman–Crippen LogP) is 1.56. The monoisotopic (exact) mass is 197 g/mol. The molecule has 1 saturated heterocycles. The van der Waals surface area contributed by atoms with Gasteiger partial charge in [-0.3, -0.25) is 0 Å². The summed E-state index contributed by atoms with van der Waals surface area (Å²) in [5, 5.41) is 2.83. The molecule has 2 atom stereocenters. The summed E-state index contributed by atoms with van der Waals surface area (Å²) in [6.07, 6.45) is -3.30. The van der Waals surface area contributed by atoms with E-state index in [4.69, 9.17) is 4.74 Å². The minimum Gasteiger partial charge on any atom is -0.383 e. The molecule has 1 rings (SSSR count). The van der Waals surface area contributed by atoms with E-state index in [0.717, 1.165) is 0 Å². The average Bonchev–Trinajstić information content (AvgIpc) is 2.04. The van der Waals surface area contributed by atoms with Crippen LogP contribution in [0.15, 0.2) is 0 Å². The normalized spacial score (nSPS) is 30.5. The third kappa shape index (κ3) is 2.84. The summed E-state index contributed by atoms with van der Waals surface area (Å²) in [6, 6.07) is -0.571. The van der Waals surface area contributed by atoms with E-state index in [1.807, 2.05) is 0 Å². The standard InChI is InChI=1S/C8H14F3NO/c1-13-5-7-6(8(9,10)11)3-2-4-12-7/h6-7,12H,2-5H2,1H3. The maximum absolute atomic E-state index is 12.4. The first-order chi connectivity index (χ1) is 6.05. The van der Waals surface area contributed by atoms with E-state index in [0.29, 0.717) is 13.0 Å². The first-order valence-corrected chi connectivity index (χ1v) is 4.34. The van der Waals surface area contributed by atoms with E-state index in [1.165, 1.54) is 7.11 Å². The Bertz CT molecular complexity index is 158. The van der Waals surface area contributed by atoms with Gasteiger partial charge in [0.1, 0.15) is 0 Å². The fraction of sp³-hybridized carbons (Fsp3) is 1.00. The van der Waals surface area contributed by atoms with Gasteiger partial charge in [-0.25, -0.2) is 0 Å². The average molecular weight is 197 g/mol. The summed E-state index contributed by atoms with van der Waals surface area (Å²) >= 11 is 0. The molecule has 5 heteroatoms. The maximum atomic E-state index is 12.4. The predicted molar refractivity (Wildman–Crippen MR) is 42.4 cm³/mol. The van der Waals surface area contributed by atoms with Gasteiger partial charge in [-0.2, -0.15) is 13.2 Å². The molecular weight excluding hydrogens is 183 g/mol. The van der Waals surface area contributed by atoms with Crippen LogP contribution in [-0.2, 0) is 4.74 Å². The van der Waals surface area contributed by atoms with Crippen molar-refractivity contribution in [2.45, 2.75) is 25.1 Å². The number of hydrogen-bond donors (Lipinski definition) is 1. The Morgan fingerprint density at radius 1 is 1.46 bits per heavy atom. The van der Waals surface area contributed by atoms with Crippen LogP contribution in [0.3, 0.4) is 0 Å². The lowest BCUT2D eigenvalue weighted by Gasteiger charge is -2.33. The molecule has 1 N–H and O–H groups in total. The molecular formula is C8H14F3NO. The van der Waals surface area contributed by atoms with Crippen molar-refractivity contribution in [1.82, 2.24) is 5.32 Å².